The van der Waals surface area contributed by atoms with Crippen molar-refractivity contribution < 1.29 is 9.32 Å². The first-order valence-electron chi connectivity index (χ1n) is 7.10. The molecule has 0 spiro atoms. The number of carbonyl (C=O) groups excluding carboxylic acids is 1. The number of benzene rings is 1. The Kier molecular flexibility index (Phi) is 4.38. The van der Waals surface area contributed by atoms with E-state index in [4.69, 9.17) is 4.52 Å². The minimum atomic E-state index is -0.650. The summed E-state index contributed by atoms with van der Waals surface area (Å²) in [5.74, 6) is -0.578. The molecule has 3 rings (SSSR count). The lowest BCUT2D eigenvalue weighted by atomic mass is 10.2. The van der Waals surface area contributed by atoms with Crippen LogP contribution in [0, 0.1) is 0 Å². The predicted molar refractivity (Wildman–Crippen MR) is 87.1 cm³/mol. The standard InChI is InChI=1S/C16H15N3O3S/c1-11(13-8-5-9-23-13)17-14(20)10-19-15(18-22-16(19)21)12-6-3-2-4-7-12/h2-9,11H,10H2,1H3,(H,17,20)/t11-/m0/s1. The quantitative estimate of drug-likeness (QED) is 0.780. The highest BCUT2D eigenvalue weighted by atomic mass is 32.1. The fourth-order valence-corrected chi connectivity index (χ4v) is 2.98. The van der Waals surface area contributed by atoms with E-state index in [1.165, 1.54) is 4.57 Å². The summed E-state index contributed by atoms with van der Waals surface area (Å²) in [7, 11) is 0. The highest BCUT2D eigenvalue weighted by Crippen LogP contribution is 2.18. The molecule has 0 unspecified atom stereocenters. The largest absolute Gasteiger partial charge is 0.442 e. The number of amides is 1. The van der Waals surface area contributed by atoms with Crippen LogP contribution in [0.2, 0.25) is 0 Å². The van der Waals surface area contributed by atoms with E-state index in [0.29, 0.717) is 5.82 Å². The van der Waals surface area contributed by atoms with Crippen molar-refractivity contribution in [3.8, 4) is 11.4 Å². The van der Waals surface area contributed by atoms with Gasteiger partial charge in [0.15, 0.2) is 5.82 Å². The Morgan fingerprint density at radius 3 is 2.78 bits per heavy atom. The van der Waals surface area contributed by atoms with Crippen molar-refractivity contribution >= 4 is 17.2 Å². The topological polar surface area (TPSA) is 77.1 Å². The molecule has 0 aliphatic rings. The van der Waals surface area contributed by atoms with Crippen LogP contribution in [0.3, 0.4) is 0 Å². The van der Waals surface area contributed by atoms with Gasteiger partial charge >= 0.3 is 5.76 Å². The van der Waals surface area contributed by atoms with Gasteiger partial charge in [-0.2, -0.15) is 0 Å². The van der Waals surface area contributed by atoms with Crippen molar-refractivity contribution in [3.63, 3.8) is 0 Å². The second-order valence-corrected chi connectivity index (χ2v) is 6.01. The predicted octanol–water partition coefficient (Wildman–Crippen LogP) is 2.44. The molecule has 0 aliphatic carbocycles. The van der Waals surface area contributed by atoms with E-state index in [-0.39, 0.29) is 18.5 Å². The lowest BCUT2D eigenvalue weighted by molar-refractivity contribution is -0.122. The van der Waals surface area contributed by atoms with Crippen molar-refractivity contribution in [2.75, 3.05) is 0 Å². The van der Waals surface area contributed by atoms with E-state index >= 15 is 0 Å². The van der Waals surface area contributed by atoms with Gasteiger partial charge < -0.3 is 5.32 Å². The van der Waals surface area contributed by atoms with Crippen LogP contribution in [0.5, 0.6) is 0 Å². The van der Waals surface area contributed by atoms with Crippen LogP contribution >= 0.6 is 11.3 Å². The molecule has 1 amide bonds. The third-order valence-corrected chi connectivity index (χ3v) is 4.42. The van der Waals surface area contributed by atoms with Gasteiger partial charge in [-0.15, -0.1) is 11.3 Å². The molecule has 1 atom stereocenters. The van der Waals surface area contributed by atoms with Crippen molar-refractivity contribution in [3.05, 3.63) is 63.3 Å². The Morgan fingerprint density at radius 1 is 1.30 bits per heavy atom. The van der Waals surface area contributed by atoms with Gasteiger partial charge in [0, 0.05) is 10.4 Å². The molecule has 7 heteroatoms. The third-order valence-electron chi connectivity index (χ3n) is 3.37. The molecule has 118 valence electrons. The molecule has 6 nitrogen and oxygen atoms in total. The second-order valence-electron chi connectivity index (χ2n) is 5.03. The van der Waals surface area contributed by atoms with Crippen LogP contribution < -0.4 is 11.1 Å². The zero-order valence-corrected chi connectivity index (χ0v) is 13.2. The smallest absolute Gasteiger partial charge is 0.347 e. The Morgan fingerprint density at radius 2 is 2.09 bits per heavy atom. The van der Waals surface area contributed by atoms with Gasteiger partial charge in [-0.25, -0.2) is 9.36 Å². The lowest BCUT2D eigenvalue weighted by Crippen LogP contribution is -2.32. The van der Waals surface area contributed by atoms with Crippen molar-refractivity contribution in [2.24, 2.45) is 0 Å². The van der Waals surface area contributed by atoms with Crippen LogP contribution in [0.1, 0.15) is 17.8 Å². The van der Waals surface area contributed by atoms with Gasteiger partial charge in [-0.3, -0.25) is 9.32 Å². The van der Waals surface area contributed by atoms with E-state index in [1.54, 1.807) is 23.5 Å². The highest BCUT2D eigenvalue weighted by Gasteiger charge is 2.17. The fraction of sp³-hybridized carbons (Fsp3) is 0.188. The number of thiophene rings is 1. The van der Waals surface area contributed by atoms with E-state index in [2.05, 4.69) is 10.5 Å². The molecule has 3 aromatic rings. The number of carbonyl (C=O) groups is 1. The maximum absolute atomic E-state index is 12.2. The van der Waals surface area contributed by atoms with Crippen molar-refractivity contribution in [1.82, 2.24) is 15.0 Å². The van der Waals surface area contributed by atoms with Crippen molar-refractivity contribution in [1.29, 1.82) is 0 Å². The third kappa shape index (κ3) is 3.40. The summed E-state index contributed by atoms with van der Waals surface area (Å²) in [6.07, 6.45) is 0. The van der Waals surface area contributed by atoms with Crippen molar-refractivity contribution in [2.45, 2.75) is 19.5 Å². The minimum absolute atomic E-state index is 0.113. The van der Waals surface area contributed by atoms with E-state index in [9.17, 15) is 9.59 Å². The average Bonchev–Trinajstić information content (AvgIpc) is 3.19. The summed E-state index contributed by atoms with van der Waals surface area (Å²) in [6.45, 7) is 1.76. The second kappa shape index (κ2) is 6.62. The lowest BCUT2D eigenvalue weighted by Gasteiger charge is -2.12. The van der Waals surface area contributed by atoms with Gasteiger partial charge in [0.1, 0.15) is 6.54 Å². The molecule has 1 aromatic carbocycles. The van der Waals surface area contributed by atoms with E-state index in [1.807, 2.05) is 42.6 Å². The SMILES string of the molecule is C[C@H](NC(=O)Cn1c(-c2ccccc2)noc1=O)c1cccs1. The monoisotopic (exact) mass is 329 g/mol. The molecule has 1 N–H and O–H groups in total. The van der Waals surface area contributed by atoms with Gasteiger partial charge in [0.25, 0.3) is 0 Å². The minimum Gasteiger partial charge on any atom is -0.347 e. The number of nitrogens with one attached hydrogen (secondary N) is 1. The molecule has 23 heavy (non-hydrogen) atoms. The summed E-state index contributed by atoms with van der Waals surface area (Å²) in [4.78, 5) is 25.1. The van der Waals surface area contributed by atoms with E-state index in [0.717, 1.165) is 10.4 Å². The Hall–Kier alpha value is -2.67. The Balaban J connectivity index is 1.77. The molecule has 2 heterocycles. The Labute approximate surface area is 136 Å². The van der Waals surface area contributed by atoms with Crippen LogP contribution in [0.4, 0.5) is 0 Å². The maximum Gasteiger partial charge on any atom is 0.442 e. The van der Waals surface area contributed by atoms with Gasteiger partial charge in [-0.05, 0) is 18.4 Å². The molecular weight excluding hydrogens is 314 g/mol. The maximum atomic E-state index is 12.2. The molecule has 2 aromatic heterocycles. The number of hydrogen-bond donors (Lipinski definition) is 1. The number of hydrogen-bond acceptors (Lipinski definition) is 5. The summed E-state index contributed by atoms with van der Waals surface area (Å²) < 4.78 is 5.94. The fourth-order valence-electron chi connectivity index (χ4n) is 2.24. The summed E-state index contributed by atoms with van der Waals surface area (Å²) >= 11 is 1.57. The molecular formula is C16H15N3O3S. The van der Waals surface area contributed by atoms with Crippen LogP contribution in [-0.4, -0.2) is 15.6 Å². The summed E-state index contributed by atoms with van der Waals surface area (Å²) in [6, 6.07) is 12.9. The highest BCUT2D eigenvalue weighted by molar-refractivity contribution is 7.10. The molecule has 0 fully saturated rings. The average molecular weight is 329 g/mol. The number of rotatable bonds is 5. The van der Waals surface area contributed by atoms with Crippen LogP contribution in [0.25, 0.3) is 11.4 Å². The molecule has 0 saturated carbocycles. The van der Waals surface area contributed by atoms with Crippen LogP contribution in [-0.2, 0) is 11.3 Å². The zero-order chi connectivity index (χ0) is 16.2. The molecule has 0 aliphatic heterocycles. The van der Waals surface area contributed by atoms with Crippen LogP contribution in [0.15, 0.2) is 57.2 Å². The summed E-state index contributed by atoms with van der Waals surface area (Å²) in [5.41, 5.74) is 0.720. The van der Waals surface area contributed by atoms with Gasteiger partial charge in [-0.1, -0.05) is 41.6 Å². The number of nitrogens with zero attached hydrogens (tertiary/aromatic N) is 2. The van der Waals surface area contributed by atoms with Gasteiger partial charge in [0.05, 0.1) is 6.04 Å². The van der Waals surface area contributed by atoms with E-state index < -0.39 is 5.76 Å². The molecule has 0 radical (unpaired) electrons. The normalized spacial score (nSPS) is 12.0. The Bertz CT molecular complexity index is 837. The first-order chi connectivity index (χ1) is 11.1. The first-order valence-corrected chi connectivity index (χ1v) is 7.98. The summed E-state index contributed by atoms with van der Waals surface area (Å²) in [5, 5.41) is 8.59. The first kappa shape index (κ1) is 15.2. The molecule has 0 saturated heterocycles. The van der Waals surface area contributed by atoms with Gasteiger partial charge in [0.2, 0.25) is 5.91 Å². The molecule has 0 bridgehead atoms. The number of aromatic nitrogens is 2. The zero-order valence-electron chi connectivity index (χ0n) is 12.4.